The van der Waals surface area contributed by atoms with E-state index in [4.69, 9.17) is 0 Å². The van der Waals surface area contributed by atoms with Gasteiger partial charge in [0.15, 0.2) is 0 Å². The quantitative estimate of drug-likeness (QED) is 0.812. The first kappa shape index (κ1) is 17.7. The van der Waals surface area contributed by atoms with Gasteiger partial charge in [-0.2, -0.15) is 0 Å². The Kier molecular flexibility index (Phi) is 5.40. The number of hydrogen-bond acceptors (Lipinski definition) is 3. The Balaban J connectivity index is 1.92. The van der Waals surface area contributed by atoms with E-state index in [0.717, 1.165) is 18.2 Å². The van der Waals surface area contributed by atoms with E-state index in [1.54, 1.807) is 0 Å². The molecule has 0 bridgehead atoms. The summed E-state index contributed by atoms with van der Waals surface area (Å²) in [7, 11) is 0. The minimum Gasteiger partial charge on any atom is -0.406 e. The van der Waals surface area contributed by atoms with Crippen molar-refractivity contribution in [3.63, 3.8) is 0 Å². The van der Waals surface area contributed by atoms with E-state index >= 15 is 0 Å². The van der Waals surface area contributed by atoms with E-state index in [9.17, 15) is 27.5 Å². The number of carbonyl (C=O) groups is 1. The van der Waals surface area contributed by atoms with Crippen LogP contribution in [-0.4, -0.2) is 17.4 Å². The van der Waals surface area contributed by atoms with Crippen molar-refractivity contribution in [3.05, 3.63) is 59.9 Å². The van der Waals surface area contributed by atoms with E-state index < -0.39 is 29.9 Å². The summed E-state index contributed by atoms with van der Waals surface area (Å²) in [5.74, 6) is -1.52. The highest BCUT2D eigenvalue weighted by atomic mass is 19.4. The molecule has 0 aromatic heterocycles. The third kappa shape index (κ3) is 5.54. The summed E-state index contributed by atoms with van der Waals surface area (Å²) in [5, 5.41) is 12.3. The Labute approximate surface area is 134 Å². The average molecular weight is 343 g/mol. The van der Waals surface area contributed by atoms with Crippen LogP contribution in [0.15, 0.2) is 48.5 Å². The maximum Gasteiger partial charge on any atom is 0.573 e. The molecule has 1 amide bonds. The van der Waals surface area contributed by atoms with Crippen molar-refractivity contribution in [1.29, 1.82) is 0 Å². The minimum absolute atomic E-state index is 0.237. The Bertz CT molecular complexity index is 701. The van der Waals surface area contributed by atoms with E-state index in [-0.39, 0.29) is 17.7 Å². The molecule has 1 atom stereocenters. The highest BCUT2D eigenvalue weighted by Crippen LogP contribution is 2.24. The summed E-state index contributed by atoms with van der Waals surface area (Å²) in [6.45, 7) is 0. The van der Waals surface area contributed by atoms with Crippen molar-refractivity contribution in [2.75, 3.05) is 5.32 Å². The molecule has 4 nitrogen and oxygen atoms in total. The number of hydrogen-bond donors (Lipinski definition) is 2. The number of nitrogens with one attached hydrogen (secondary N) is 1. The molecular formula is C16H13F4NO3. The molecule has 24 heavy (non-hydrogen) atoms. The number of benzene rings is 2. The molecule has 8 heteroatoms. The summed E-state index contributed by atoms with van der Waals surface area (Å²) >= 11 is 0. The molecule has 2 N–H and O–H groups in total. The molecular weight excluding hydrogens is 330 g/mol. The van der Waals surface area contributed by atoms with Crippen LogP contribution < -0.4 is 10.1 Å². The lowest BCUT2D eigenvalue weighted by molar-refractivity contribution is -0.274. The van der Waals surface area contributed by atoms with Crippen LogP contribution in [0.3, 0.4) is 0 Å². The number of rotatable bonds is 5. The van der Waals surface area contributed by atoms with Crippen LogP contribution in [0.4, 0.5) is 23.2 Å². The molecule has 2 aromatic carbocycles. The van der Waals surface area contributed by atoms with Crippen molar-refractivity contribution in [1.82, 2.24) is 0 Å². The average Bonchev–Trinajstić information content (AvgIpc) is 2.47. The first-order chi connectivity index (χ1) is 11.2. The molecule has 0 aliphatic heterocycles. The van der Waals surface area contributed by atoms with Gasteiger partial charge in [0.25, 0.3) is 0 Å². The monoisotopic (exact) mass is 343 g/mol. The molecule has 0 fully saturated rings. The standard InChI is InChI=1S/C16H13F4NO3/c17-11-3-1-2-10(8-11)14(22)9-15(23)21-12-4-6-13(7-5-12)24-16(18,19)20/h1-8,14,22H,9H2,(H,21,23). The van der Waals surface area contributed by atoms with E-state index in [0.29, 0.717) is 0 Å². The van der Waals surface area contributed by atoms with Gasteiger partial charge in [0.05, 0.1) is 12.5 Å². The smallest absolute Gasteiger partial charge is 0.406 e. The number of aliphatic hydroxyl groups excluding tert-OH is 1. The van der Waals surface area contributed by atoms with Gasteiger partial charge in [0.2, 0.25) is 5.91 Å². The molecule has 0 radical (unpaired) electrons. The lowest BCUT2D eigenvalue weighted by Gasteiger charge is -2.12. The molecule has 0 saturated carbocycles. The maximum absolute atomic E-state index is 13.1. The lowest BCUT2D eigenvalue weighted by atomic mass is 10.1. The second kappa shape index (κ2) is 7.31. The molecule has 0 aliphatic carbocycles. The van der Waals surface area contributed by atoms with Crippen molar-refractivity contribution in [3.8, 4) is 5.75 Å². The van der Waals surface area contributed by atoms with Gasteiger partial charge in [0.1, 0.15) is 11.6 Å². The highest BCUT2D eigenvalue weighted by Gasteiger charge is 2.30. The number of carbonyl (C=O) groups excluding carboxylic acids is 1. The Hall–Kier alpha value is -2.61. The van der Waals surface area contributed by atoms with Crippen molar-refractivity contribution in [2.45, 2.75) is 18.9 Å². The van der Waals surface area contributed by atoms with Crippen LogP contribution in [0.25, 0.3) is 0 Å². The second-order valence-electron chi connectivity index (χ2n) is 4.90. The molecule has 2 aromatic rings. The molecule has 2 rings (SSSR count). The fourth-order valence-corrected chi connectivity index (χ4v) is 1.96. The first-order valence-corrected chi connectivity index (χ1v) is 6.82. The van der Waals surface area contributed by atoms with Gasteiger partial charge in [0, 0.05) is 5.69 Å². The van der Waals surface area contributed by atoms with Crippen molar-refractivity contribution < 1.29 is 32.2 Å². The summed E-state index contributed by atoms with van der Waals surface area (Å²) in [4.78, 5) is 11.8. The summed E-state index contributed by atoms with van der Waals surface area (Å²) in [6, 6.07) is 9.76. The number of halogens is 4. The minimum atomic E-state index is -4.79. The number of aliphatic hydroxyl groups is 1. The van der Waals surface area contributed by atoms with Crippen LogP contribution >= 0.6 is 0 Å². The summed E-state index contributed by atoms with van der Waals surface area (Å²) in [5.41, 5.74) is 0.486. The number of anilines is 1. The van der Waals surface area contributed by atoms with Crippen LogP contribution in [-0.2, 0) is 4.79 Å². The van der Waals surface area contributed by atoms with Gasteiger partial charge in [-0.05, 0) is 42.0 Å². The van der Waals surface area contributed by atoms with Gasteiger partial charge in [-0.15, -0.1) is 13.2 Å². The lowest BCUT2D eigenvalue weighted by Crippen LogP contribution is -2.17. The van der Waals surface area contributed by atoms with Crippen LogP contribution in [0.2, 0.25) is 0 Å². The van der Waals surface area contributed by atoms with E-state index in [1.165, 1.54) is 30.3 Å². The Morgan fingerprint density at radius 1 is 1.17 bits per heavy atom. The second-order valence-corrected chi connectivity index (χ2v) is 4.90. The zero-order valence-electron chi connectivity index (χ0n) is 12.2. The fraction of sp³-hybridized carbons (Fsp3) is 0.188. The van der Waals surface area contributed by atoms with Gasteiger partial charge in [-0.25, -0.2) is 4.39 Å². The van der Waals surface area contributed by atoms with Crippen molar-refractivity contribution in [2.24, 2.45) is 0 Å². The normalized spacial score (nSPS) is 12.5. The first-order valence-electron chi connectivity index (χ1n) is 6.82. The topological polar surface area (TPSA) is 58.6 Å². The highest BCUT2D eigenvalue weighted by molar-refractivity contribution is 5.91. The predicted octanol–water partition coefficient (Wildman–Crippen LogP) is 3.79. The predicted molar refractivity (Wildman–Crippen MR) is 77.7 cm³/mol. The molecule has 1 unspecified atom stereocenters. The van der Waals surface area contributed by atoms with E-state index in [2.05, 4.69) is 10.1 Å². The molecule has 0 spiro atoms. The molecule has 0 heterocycles. The number of alkyl halides is 3. The Morgan fingerprint density at radius 3 is 2.42 bits per heavy atom. The molecule has 0 saturated heterocycles. The fourth-order valence-electron chi connectivity index (χ4n) is 1.96. The number of amides is 1. The van der Waals surface area contributed by atoms with E-state index in [1.807, 2.05) is 0 Å². The van der Waals surface area contributed by atoms with Gasteiger partial charge < -0.3 is 15.2 Å². The third-order valence-electron chi connectivity index (χ3n) is 2.98. The SMILES string of the molecule is O=C(CC(O)c1cccc(F)c1)Nc1ccc(OC(F)(F)F)cc1. The largest absolute Gasteiger partial charge is 0.573 e. The van der Waals surface area contributed by atoms with Gasteiger partial charge >= 0.3 is 6.36 Å². The van der Waals surface area contributed by atoms with Crippen molar-refractivity contribution >= 4 is 11.6 Å². The van der Waals surface area contributed by atoms with Gasteiger partial charge in [-0.1, -0.05) is 12.1 Å². The maximum atomic E-state index is 13.1. The Morgan fingerprint density at radius 2 is 1.83 bits per heavy atom. The number of ether oxygens (including phenoxy) is 1. The van der Waals surface area contributed by atoms with Crippen LogP contribution in [0.5, 0.6) is 5.75 Å². The third-order valence-corrected chi connectivity index (χ3v) is 2.98. The summed E-state index contributed by atoms with van der Waals surface area (Å²) < 4.78 is 52.9. The molecule has 0 aliphatic rings. The van der Waals surface area contributed by atoms with Gasteiger partial charge in [-0.3, -0.25) is 4.79 Å². The van der Waals surface area contributed by atoms with Crippen LogP contribution in [0.1, 0.15) is 18.1 Å². The summed E-state index contributed by atoms with van der Waals surface area (Å²) in [6.07, 6.45) is -6.32. The van der Waals surface area contributed by atoms with Crippen LogP contribution in [0, 0.1) is 5.82 Å². The molecule has 128 valence electrons. The zero-order valence-corrected chi connectivity index (χ0v) is 12.2. The zero-order chi connectivity index (χ0) is 17.7.